The average molecular weight is 261 g/mol. The summed E-state index contributed by atoms with van der Waals surface area (Å²) >= 11 is 0. The smallest absolute Gasteiger partial charge is 0.255 e. The highest BCUT2D eigenvalue weighted by atomic mass is 16.2. The summed E-state index contributed by atoms with van der Waals surface area (Å²) in [4.78, 5) is 31.4. The standard InChI is InChI=1S/C14H19N3O2/c1-11-4-5-13(10-15-11)14(19)17-7-3-6-16(8-9-17)12(2)18/h4-5,10H,3,6-9H2,1-2H3. The van der Waals surface area contributed by atoms with Crippen molar-refractivity contribution in [3.8, 4) is 0 Å². The molecule has 0 spiro atoms. The molecule has 0 N–H and O–H groups in total. The molecule has 0 aromatic carbocycles. The van der Waals surface area contributed by atoms with Crippen LogP contribution in [0.4, 0.5) is 0 Å². The largest absolute Gasteiger partial charge is 0.341 e. The van der Waals surface area contributed by atoms with Crippen LogP contribution in [0.1, 0.15) is 29.4 Å². The first-order valence-corrected chi connectivity index (χ1v) is 6.55. The maximum atomic E-state index is 12.3. The van der Waals surface area contributed by atoms with Gasteiger partial charge in [-0.2, -0.15) is 0 Å². The molecule has 2 rings (SSSR count). The molecule has 0 atom stereocenters. The second kappa shape index (κ2) is 5.82. The molecule has 0 aliphatic carbocycles. The van der Waals surface area contributed by atoms with Crippen LogP contribution in [0.15, 0.2) is 18.3 Å². The fourth-order valence-corrected chi connectivity index (χ4v) is 2.21. The van der Waals surface area contributed by atoms with Gasteiger partial charge in [-0.3, -0.25) is 14.6 Å². The number of aryl methyl sites for hydroxylation is 1. The molecular formula is C14H19N3O2. The minimum atomic E-state index is -0.00194. The molecule has 0 radical (unpaired) electrons. The van der Waals surface area contributed by atoms with Gasteiger partial charge in [0.2, 0.25) is 5.91 Å². The maximum absolute atomic E-state index is 12.3. The summed E-state index contributed by atoms with van der Waals surface area (Å²) in [5, 5.41) is 0. The molecule has 1 aliphatic rings. The third kappa shape index (κ3) is 3.30. The molecule has 1 aliphatic heterocycles. The van der Waals surface area contributed by atoms with Crippen LogP contribution in [-0.2, 0) is 4.79 Å². The number of hydrogen-bond acceptors (Lipinski definition) is 3. The number of carbonyl (C=O) groups is 2. The number of pyridine rings is 1. The first-order chi connectivity index (χ1) is 9.08. The van der Waals surface area contributed by atoms with Gasteiger partial charge in [0.15, 0.2) is 0 Å². The predicted octanol–water partition coefficient (Wildman–Crippen LogP) is 1.08. The first kappa shape index (κ1) is 13.5. The van der Waals surface area contributed by atoms with Crippen LogP contribution in [0.5, 0.6) is 0 Å². The van der Waals surface area contributed by atoms with Crippen molar-refractivity contribution in [3.05, 3.63) is 29.6 Å². The lowest BCUT2D eigenvalue weighted by Gasteiger charge is -2.21. The summed E-state index contributed by atoms with van der Waals surface area (Å²) < 4.78 is 0. The maximum Gasteiger partial charge on any atom is 0.255 e. The van der Waals surface area contributed by atoms with Crippen molar-refractivity contribution < 1.29 is 9.59 Å². The zero-order valence-corrected chi connectivity index (χ0v) is 11.4. The highest BCUT2D eigenvalue weighted by Gasteiger charge is 2.21. The molecule has 1 fully saturated rings. The van der Waals surface area contributed by atoms with E-state index in [1.54, 1.807) is 29.0 Å². The topological polar surface area (TPSA) is 53.5 Å². The molecule has 0 saturated carbocycles. The van der Waals surface area contributed by atoms with Crippen molar-refractivity contribution in [3.63, 3.8) is 0 Å². The molecular weight excluding hydrogens is 242 g/mol. The van der Waals surface area contributed by atoms with Gasteiger partial charge >= 0.3 is 0 Å². The van der Waals surface area contributed by atoms with Gasteiger partial charge in [-0.15, -0.1) is 0 Å². The van der Waals surface area contributed by atoms with Crippen molar-refractivity contribution in [1.82, 2.24) is 14.8 Å². The Kier molecular flexibility index (Phi) is 4.14. The number of amides is 2. The highest BCUT2D eigenvalue weighted by Crippen LogP contribution is 2.09. The van der Waals surface area contributed by atoms with E-state index in [4.69, 9.17) is 0 Å². The van der Waals surface area contributed by atoms with E-state index in [9.17, 15) is 9.59 Å². The van der Waals surface area contributed by atoms with Gasteiger partial charge in [0, 0.05) is 45.0 Å². The van der Waals surface area contributed by atoms with Crippen LogP contribution in [0.2, 0.25) is 0 Å². The number of rotatable bonds is 1. The van der Waals surface area contributed by atoms with Crippen LogP contribution in [0.3, 0.4) is 0 Å². The van der Waals surface area contributed by atoms with E-state index in [0.717, 1.165) is 18.7 Å². The Morgan fingerprint density at radius 2 is 1.79 bits per heavy atom. The van der Waals surface area contributed by atoms with Gasteiger partial charge in [-0.1, -0.05) is 0 Å². The summed E-state index contributed by atoms with van der Waals surface area (Å²) in [5.74, 6) is 0.0733. The molecule has 2 heterocycles. The van der Waals surface area contributed by atoms with E-state index in [2.05, 4.69) is 4.98 Å². The van der Waals surface area contributed by atoms with Gasteiger partial charge in [0.05, 0.1) is 5.56 Å². The summed E-state index contributed by atoms with van der Waals surface area (Å²) in [6.45, 7) is 6.08. The van der Waals surface area contributed by atoms with E-state index in [1.807, 2.05) is 13.0 Å². The van der Waals surface area contributed by atoms with Crippen LogP contribution in [0.25, 0.3) is 0 Å². The van der Waals surface area contributed by atoms with E-state index in [1.165, 1.54) is 0 Å². The van der Waals surface area contributed by atoms with E-state index >= 15 is 0 Å². The molecule has 2 amide bonds. The minimum absolute atomic E-state index is 0.00194. The number of nitrogens with zero attached hydrogens (tertiary/aromatic N) is 3. The molecule has 5 heteroatoms. The Hall–Kier alpha value is -1.91. The van der Waals surface area contributed by atoms with E-state index in [0.29, 0.717) is 25.2 Å². The number of aromatic nitrogens is 1. The lowest BCUT2D eigenvalue weighted by Crippen LogP contribution is -2.36. The Morgan fingerprint density at radius 3 is 2.42 bits per heavy atom. The SMILES string of the molecule is CC(=O)N1CCCN(C(=O)c2ccc(C)nc2)CC1. The van der Waals surface area contributed by atoms with Gasteiger partial charge in [-0.25, -0.2) is 0 Å². The third-order valence-corrected chi connectivity index (χ3v) is 3.39. The summed E-state index contributed by atoms with van der Waals surface area (Å²) in [5.41, 5.74) is 1.51. The minimum Gasteiger partial charge on any atom is -0.341 e. The highest BCUT2D eigenvalue weighted by molar-refractivity contribution is 5.94. The average Bonchev–Trinajstić information content (AvgIpc) is 2.64. The molecule has 1 aromatic heterocycles. The molecule has 0 bridgehead atoms. The van der Waals surface area contributed by atoms with E-state index in [-0.39, 0.29) is 11.8 Å². The second-order valence-corrected chi connectivity index (χ2v) is 4.84. The molecule has 1 saturated heterocycles. The molecule has 19 heavy (non-hydrogen) atoms. The molecule has 0 unspecified atom stereocenters. The first-order valence-electron chi connectivity index (χ1n) is 6.55. The quantitative estimate of drug-likeness (QED) is 0.760. The number of carbonyl (C=O) groups excluding carboxylic acids is 2. The lowest BCUT2D eigenvalue weighted by atomic mass is 10.2. The Balaban J connectivity index is 2.03. The Bertz CT molecular complexity index is 470. The molecule has 5 nitrogen and oxygen atoms in total. The Morgan fingerprint density at radius 1 is 1.11 bits per heavy atom. The van der Waals surface area contributed by atoms with Crippen LogP contribution >= 0.6 is 0 Å². The van der Waals surface area contributed by atoms with Crippen molar-refractivity contribution >= 4 is 11.8 Å². The fourth-order valence-electron chi connectivity index (χ4n) is 2.21. The molecule has 102 valence electrons. The zero-order valence-electron chi connectivity index (χ0n) is 11.4. The summed E-state index contributed by atoms with van der Waals surface area (Å²) in [6.07, 6.45) is 2.44. The van der Waals surface area contributed by atoms with Crippen molar-refractivity contribution in [2.75, 3.05) is 26.2 Å². The van der Waals surface area contributed by atoms with Gasteiger partial charge in [0.1, 0.15) is 0 Å². The summed E-state index contributed by atoms with van der Waals surface area (Å²) in [6, 6.07) is 3.64. The monoisotopic (exact) mass is 261 g/mol. The zero-order chi connectivity index (χ0) is 13.8. The third-order valence-electron chi connectivity index (χ3n) is 3.39. The van der Waals surface area contributed by atoms with Crippen molar-refractivity contribution in [2.24, 2.45) is 0 Å². The van der Waals surface area contributed by atoms with E-state index < -0.39 is 0 Å². The van der Waals surface area contributed by atoms with Gasteiger partial charge in [-0.05, 0) is 25.5 Å². The van der Waals surface area contributed by atoms with Gasteiger partial charge in [0.25, 0.3) is 5.91 Å². The van der Waals surface area contributed by atoms with Gasteiger partial charge < -0.3 is 9.80 Å². The van der Waals surface area contributed by atoms with Crippen molar-refractivity contribution in [2.45, 2.75) is 20.3 Å². The van der Waals surface area contributed by atoms with Crippen LogP contribution in [0, 0.1) is 6.92 Å². The number of hydrogen-bond donors (Lipinski definition) is 0. The predicted molar refractivity (Wildman–Crippen MR) is 71.7 cm³/mol. The fraction of sp³-hybridized carbons (Fsp3) is 0.500. The molecule has 1 aromatic rings. The summed E-state index contributed by atoms with van der Waals surface area (Å²) in [7, 11) is 0. The van der Waals surface area contributed by atoms with Crippen LogP contribution < -0.4 is 0 Å². The second-order valence-electron chi connectivity index (χ2n) is 4.84. The normalized spacial score (nSPS) is 16.1. The Labute approximate surface area is 113 Å². The lowest BCUT2D eigenvalue weighted by molar-refractivity contribution is -0.128. The van der Waals surface area contributed by atoms with Crippen molar-refractivity contribution in [1.29, 1.82) is 0 Å². The van der Waals surface area contributed by atoms with Crippen LogP contribution in [-0.4, -0.2) is 52.8 Å².